The summed E-state index contributed by atoms with van der Waals surface area (Å²) in [4.78, 5) is 66.9. The van der Waals surface area contributed by atoms with Gasteiger partial charge in [-0.1, -0.05) is 26.0 Å². The maximum absolute atomic E-state index is 14.8. The summed E-state index contributed by atoms with van der Waals surface area (Å²) in [6.45, 7) is 11.1. The Bertz CT molecular complexity index is 1940. The molecule has 7 atom stereocenters. The number of carbonyl (C=O) groups excluding carboxylic acids is 4. The van der Waals surface area contributed by atoms with Crippen molar-refractivity contribution in [3.8, 4) is 11.6 Å². The van der Waals surface area contributed by atoms with E-state index >= 15 is 0 Å². The molecule has 0 bridgehead atoms. The second-order valence-electron chi connectivity index (χ2n) is 17.3. The molecule has 4 aliphatic rings. The predicted molar refractivity (Wildman–Crippen MR) is 201 cm³/mol. The zero-order valence-electron chi connectivity index (χ0n) is 32.4. The minimum atomic E-state index is -3.95. The lowest BCUT2D eigenvalue weighted by atomic mass is 9.82. The van der Waals surface area contributed by atoms with E-state index in [1.165, 1.54) is 18.2 Å². The average molecular weight is 767 g/mol. The van der Waals surface area contributed by atoms with Gasteiger partial charge in [0.2, 0.25) is 27.7 Å². The van der Waals surface area contributed by atoms with Crippen LogP contribution in [0.25, 0.3) is 11.0 Å². The van der Waals surface area contributed by atoms with E-state index in [9.17, 15) is 27.6 Å². The third-order valence-corrected chi connectivity index (χ3v) is 13.8. The largest absolute Gasteiger partial charge is 0.488 e. The zero-order chi connectivity index (χ0) is 39.2. The van der Waals surface area contributed by atoms with E-state index in [1.807, 2.05) is 19.1 Å². The van der Waals surface area contributed by atoms with Gasteiger partial charge >= 0.3 is 5.97 Å². The van der Waals surface area contributed by atoms with Crippen LogP contribution in [0.2, 0.25) is 0 Å². The molecule has 2 aliphatic heterocycles. The van der Waals surface area contributed by atoms with Gasteiger partial charge in [-0.15, -0.1) is 0 Å². The maximum atomic E-state index is 14.8. The Labute approximate surface area is 318 Å². The Hall–Kier alpha value is -4.07. The van der Waals surface area contributed by atoms with Gasteiger partial charge in [-0.05, 0) is 96.1 Å². The van der Waals surface area contributed by atoms with Crippen molar-refractivity contribution in [1.29, 1.82) is 0 Å². The molecule has 0 radical (unpaired) electrons. The van der Waals surface area contributed by atoms with Crippen LogP contribution in [0, 0.1) is 29.1 Å². The number of benzene rings is 1. The number of nitrogens with zero attached hydrogens (tertiary/aromatic N) is 3. The van der Waals surface area contributed by atoms with Crippen molar-refractivity contribution in [2.24, 2.45) is 29.1 Å². The summed E-state index contributed by atoms with van der Waals surface area (Å²) >= 11 is 0. The molecule has 54 heavy (non-hydrogen) atoms. The quantitative estimate of drug-likeness (QED) is 0.273. The molecule has 0 spiro atoms. The Morgan fingerprint density at radius 3 is 2.52 bits per heavy atom. The van der Waals surface area contributed by atoms with E-state index in [1.54, 1.807) is 45.9 Å². The van der Waals surface area contributed by atoms with Crippen molar-refractivity contribution in [2.75, 3.05) is 13.7 Å². The highest BCUT2D eigenvalue weighted by molar-refractivity contribution is 7.91. The Morgan fingerprint density at radius 1 is 1.09 bits per heavy atom. The molecular weight excluding hydrogens is 713 g/mol. The first-order chi connectivity index (χ1) is 25.3. The molecule has 6 rings (SSSR count). The molecule has 1 aromatic heterocycles. The Kier molecular flexibility index (Phi) is 10.9. The monoisotopic (exact) mass is 766 g/mol. The summed E-state index contributed by atoms with van der Waals surface area (Å²) in [5.74, 6) is -2.15. The fraction of sp³-hybridized carbons (Fsp3) is 0.650. The van der Waals surface area contributed by atoms with Gasteiger partial charge in [-0.25, -0.2) is 18.4 Å². The fourth-order valence-electron chi connectivity index (χ4n) is 7.99. The highest BCUT2D eigenvalue weighted by Gasteiger charge is 2.62. The van der Waals surface area contributed by atoms with Crippen molar-refractivity contribution in [2.45, 2.75) is 122 Å². The van der Waals surface area contributed by atoms with Crippen LogP contribution in [0.4, 0.5) is 0 Å². The number of Topliss-reactive ketones (excluding diaryl/α,β-unsaturated/α-hetero) is 1. The molecule has 1 N–H and O–H groups in total. The number of esters is 1. The van der Waals surface area contributed by atoms with Crippen molar-refractivity contribution in [3.05, 3.63) is 36.5 Å². The van der Waals surface area contributed by atoms with Crippen LogP contribution in [0.3, 0.4) is 0 Å². The van der Waals surface area contributed by atoms with Crippen LogP contribution in [-0.4, -0.2) is 83.0 Å². The van der Waals surface area contributed by atoms with Crippen LogP contribution in [0.1, 0.15) is 99.3 Å². The molecule has 2 aromatic rings. The van der Waals surface area contributed by atoms with E-state index in [2.05, 4.69) is 21.6 Å². The zero-order valence-corrected chi connectivity index (χ0v) is 33.2. The molecule has 0 unspecified atom stereocenters. The third-order valence-electron chi connectivity index (χ3n) is 11.6. The van der Waals surface area contributed by atoms with Gasteiger partial charge in [0.25, 0.3) is 0 Å². The number of carbonyl (C=O) groups is 4. The first kappa shape index (κ1) is 39.6. The average Bonchev–Trinajstić information content (AvgIpc) is 3.97. The number of methoxy groups -OCH3 is 1. The minimum absolute atomic E-state index is 0.0689. The van der Waals surface area contributed by atoms with Gasteiger partial charge in [0, 0.05) is 18.9 Å². The molecule has 2 aliphatic carbocycles. The van der Waals surface area contributed by atoms with E-state index < -0.39 is 55.7 Å². The van der Waals surface area contributed by atoms with Crippen LogP contribution >= 0.6 is 0 Å². The summed E-state index contributed by atoms with van der Waals surface area (Å²) in [6.07, 6.45) is 8.08. The second-order valence-corrected chi connectivity index (χ2v) is 19.5. The summed E-state index contributed by atoms with van der Waals surface area (Å²) in [5, 5.41) is 0. The second kappa shape index (κ2) is 14.9. The first-order valence-corrected chi connectivity index (χ1v) is 20.6. The number of ketones is 1. The SMILES string of the molecule is COc1cnc2ccc(O[C@@H]3C[C@H]4C(=O)C[C@]5(C(=O)NS(=O)(=O)C6(C)CC6)C[C@H]5/C=C\CC[C@@H](C)C[C@@H](C)[C@H](CC(=O)OC(C)(C)C)C(=O)N4C3)cc2n1. The summed E-state index contributed by atoms with van der Waals surface area (Å²) in [7, 11) is -2.44. The van der Waals surface area contributed by atoms with Crippen LogP contribution in [0.15, 0.2) is 36.5 Å². The highest BCUT2D eigenvalue weighted by atomic mass is 32.2. The molecular formula is C40H54N4O9S. The molecule has 13 nitrogen and oxygen atoms in total. The number of sulfonamides is 1. The maximum Gasteiger partial charge on any atom is 0.307 e. The third kappa shape index (κ3) is 8.58. The predicted octanol–water partition coefficient (Wildman–Crippen LogP) is 5.31. The van der Waals surface area contributed by atoms with Gasteiger partial charge in [0.15, 0.2) is 5.78 Å². The lowest BCUT2D eigenvalue weighted by Crippen LogP contribution is -2.48. The number of fused-ring (bicyclic) bond motifs is 3. The molecule has 2 amide bonds. The van der Waals surface area contributed by atoms with E-state index in [4.69, 9.17) is 14.2 Å². The topological polar surface area (TPSA) is 171 Å². The molecule has 14 heteroatoms. The van der Waals surface area contributed by atoms with Crippen LogP contribution in [-0.2, 0) is 33.9 Å². The van der Waals surface area contributed by atoms with Gasteiger partial charge in [-0.2, -0.15) is 0 Å². The van der Waals surface area contributed by atoms with Gasteiger partial charge in [0.1, 0.15) is 17.5 Å². The van der Waals surface area contributed by atoms with Crippen LogP contribution in [0.5, 0.6) is 11.6 Å². The number of hydrogen-bond acceptors (Lipinski definition) is 11. The lowest BCUT2D eigenvalue weighted by molar-refractivity contribution is -0.160. The molecule has 3 heterocycles. The van der Waals surface area contributed by atoms with Crippen LogP contribution < -0.4 is 14.2 Å². The number of amides is 2. The van der Waals surface area contributed by atoms with E-state index in [0.29, 0.717) is 48.3 Å². The van der Waals surface area contributed by atoms with Crippen molar-refractivity contribution >= 4 is 44.6 Å². The standard InChI is InChI=1S/C40H54N4O9S/c1-24-10-8-9-11-26-20-40(26,37(48)43-54(49,50)39(6)14-15-39)21-33(45)32-18-28(52-27-12-13-30-31(17-27)42-34(51-7)22-41-30)23-44(32)36(47)29(25(2)16-24)19-35(46)53-38(3,4)5/h9,11-13,17,22,24-26,28-29,32H,8,10,14-16,18-21,23H2,1-7H3,(H,43,48)/b11-9-/t24-,25-,26-,28-,29+,32+,40-/m1/s1. The molecule has 1 saturated heterocycles. The van der Waals surface area contributed by atoms with Crippen molar-refractivity contribution < 1.29 is 41.8 Å². The Balaban J connectivity index is 1.33. The number of hydrogen-bond donors (Lipinski definition) is 1. The summed E-state index contributed by atoms with van der Waals surface area (Å²) in [6, 6.07) is 4.27. The number of rotatable bonds is 8. The molecule has 1 aromatic carbocycles. The van der Waals surface area contributed by atoms with E-state index in [-0.39, 0.29) is 55.3 Å². The normalized spacial score (nSPS) is 30.6. The number of ether oxygens (including phenoxy) is 3. The van der Waals surface area contributed by atoms with Crippen molar-refractivity contribution in [3.63, 3.8) is 0 Å². The van der Waals surface area contributed by atoms with Gasteiger partial charge in [-0.3, -0.25) is 23.9 Å². The number of aromatic nitrogens is 2. The number of nitrogens with one attached hydrogen (secondary N) is 1. The van der Waals surface area contributed by atoms with E-state index in [0.717, 1.165) is 12.8 Å². The summed E-state index contributed by atoms with van der Waals surface area (Å²) in [5.41, 5.74) is -0.828. The Morgan fingerprint density at radius 2 is 1.83 bits per heavy atom. The van der Waals surface area contributed by atoms with Crippen molar-refractivity contribution in [1.82, 2.24) is 19.6 Å². The first-order valence-electron chi connectivity index (χ1n) is 19.1. The lowest BCUT2D eigenvalue weighted by Gasteiger charge is -2.32. The molecule has 3 fully saturated rings. The molecule has 294 valence electrons. The fourth-order valence-corrected chi connectivity index (χ4v) is 9.32. The summed E-state index contributed by atoms with van der Waals surface area (Å²) < 4.78 is 45.1. The number of allylic oxidation sites excluding steroid dienone is 2. The minimum Gasteiger partial charge on any atom is -0.488 e. The smallest absolute Gasteiger partial charge is 0.307 e. The highest BCUT2D eigenvalue weighted by Crippen LogP contribution is 2.57. The van der Waals surface area contributed by atoms with Gasteiger partial charge < -0.3 is 19.1 Å². The molecule has 2 saturated carbocycles. The van der Waals surface area contributed by atoms with Gasteiger partial charge in [0.05, 0.1) is 59.4 Å².